The van der Waals surface area contributed by atoms with E-state index < -0.39 is 0 Å². The van der Waals surface area contributed by atoms with Gasteiger partial charge in [0.05, 0.1) is 5.52 Å². The zero-order valence-electron chi connectivity index (χ0n) is 22.2. The highest BCUT2D eigenvalue weighted by Crippen LogP contribution is 2.41. The Morgan fingerprint density at radius 3 is 2.10 bits per heavy atom. The molecule has 5 nitrogen and oxygen atoms in total. The highest BCUT2D eigenvalue weighted by Gasteiger charge is 2.20. The first-order valence-corrected chi connectivity index (χ1v) is 14.5. The first-order chi connectivity index (χ1) is 20.8. The van der Waals surface area contributed by atoms with Crippen molar-refractivity contribution in [1.82, 2.24) is 19.9 Å². The molecule has 42 heavy (non-hydrogen) atoms. The second kappa shape index (κ2) is 9.03. The van der Waals surface area contributed by atoms with Gasteiger partial charge in [0.15, 0.2) is 17.5 Å². The van der Waals surface area contributed by atoms with E-state index in [2.05, 4.69) is 59.6 Å². The van der Waals surface area contributed by atoms with Crippen LogP contribution in [0.2, 0.25) is 0 Å². The Morgan fingerprint density at radius 1 is 0.500 bits per heavy atom. The van der Waals surface area contributed by atoms with Gasteiger partial charge in [-0.05, 0) is 42.5 Å². The van der Waals surface area contributed by atoms with Crippen LogP contribution in [-0.2, 0) is 0 Å². The van der Waals surface area contributed by atoms with E-state index in [0.29, 0.717) is 17.5 Å². The standard InChI is InChI=1S/C36H20N4OS/c1-2-9-21(10-3-1)34-38-35(40-36(39-34)26-13-7-17-30-32(26)23-11-4-5-16-29(23)42-30)25-12-6-15-28-31(25)24-18-19-27-22(33(24)41-28)14-8-20-37-27/h1-20H. The molecule has 6 heteroatoms. The molecular weight excluding hydrogens is 536 g/mol. The number of rotatable bonds is 3. The van der Waals surface area contributed by atoms with E-state index in [1.807, 2.05) is 60.7 Å². The summed E-state index contributed by atoms with van der Waals surface area (Å²) in [7, 11) is 0. The van der Waals surface area contributed by atoms with Gasteiger partial charge in [-0.3, -0.25) is 4.98 Å². The van der Waals surface area contributed by atoms with Crippen molar-refractivity contribution in [2.75, 3.05) is 0 Å². The van der Waals surface area contributed by atoms with Crippen molar-refractivity contribution < 1.29 is 4.42 Å². The molecule has 0 unspecified atom stereocenters. The Labute approximate surface area is 243 Å². The van der Waals surface area contributed by atoms with E-state index in [4.69, 9.17) is 19.4 Å². The lowest BCUT2D eigenvalue weighted by molar-refractivity contribution is 0.672. The van der Waals surface area contributed by atoms with Gasteiger partial charge in [0, 0.05) is 59.2 Å². The monoisotopic (exact) mass is 556 g/mol. The maximum atomic E-state index is 6.44. The highest BCUT2D eigenvalue weighted by atomic mass is 32.1. The van der Waals surface area contributed by atoms with E-state index >= 15 is 0 Å². The Hall–Kier alpha value is -5.46. The molecule has 0 amide bonds. The molecule has 0 aliphatic rings. The number of aromatic nitrogens is 4. The second-order valence-corrected chi connectivity index (χ2v) is 11.3. The molecule has 196 valence electrons. The number of benzene rings is 5. The van der Waals surface area contributed by atoms with Crippen LogP contribution < -0.4 is 0 Å². The van der Waals surface area contributed by atoms with Gasteiger partial charge in [0.25, 0.3) is 0 Å². The van der Waals surface area contributed by atoms with E-state index in [1.165, 1.54) is 20.2 Å². The molecule has 0 N–H and O–H groups in total. The van der Waals surface area contributed by atoms with Crippen molar-refractivity contribution in [3.8, 4) is 34.2 Å². The lowest BCUT2D eigenvalue weighted by Gasteiger charge is -2.10. The summed E-state index contributed by atoms with van der Waals surface area (Å²) in [6.07, 6.45) is 1.80. The summed E-state index contributed by atoms with van der Waals surface area (Å²) in [6.45, 7) is 0. The molecule has 5 aromatic carbocycles. The number of nitrogens with zero attached hydrogens (tertiary/aromatic N) is 4. The third kappa shape index (κ3) is 3.49. The predicted octanol–water partition coefficient (Wildman–Crippen LogP) is 9.69. The summed E-state index contributed by atoms with van der Waals surface area (Å²) in [6, 6.07) is 39.2. The number of hydrogen-bond donors (Lipinski definition) is 0. The molecule has 0 saturated carbocycles. The lowest BCUT2D eigenvalue weighted by Crippen LogP contribution is -2.00. The molecule has 4 aromatic heterocycles. The topological polar surface area (TPSA) is 64.7 Å². The average molecular weight is 557 g/mol. The Bertz CT molecular complexity index is 2480. The largest absolute Gasteiger partial charge is 0.455 e. The minimum Gasteiger partial charge on any atom is -0.455 e. The summed E-state index contributed by atoms with van der Waals surface area (Å²) in [5.41, 5.74) is 5.33. The molecule has 0 atom stereocenters. The first-order valence-electron chi connectivity index (χ1n) is 13.7. The molecule has 9 rings (SSSR count). The van der Waals surface area contributed by atoms with Crippen molar-refractivity contribution in [2.24, 2.45) is 0 Å². The van der Waals surface area contributed by atoms with Crippen LogP contribution in [0, 0.1) is 0 Å². The van der Waals surface area contributed by atoms with Crippen LogP contribution in [0.4, 0.5) is 0 Å². The third-order valence-electron chi connectivity index (χ3n) is 7.79. The number of thiophene rings is 1. The SMILES string of the molecule is c1ccc(-c2nc(-c3cccc4oc5c6cccnc6ccc5c34)nc(-c3cccc4sc5ccccc5c34)n2)cc1. The van der Waals surface area contributed by atoms with Gasteiger partial charge in [-0.1, -0.05) is 72.8 Å². The van der Waals surface area contributed by atoms with Crippen molar-refractivity contribution in [2.45, 2.75) is 0 Å². The molecule has 0 bridgehead atoms. The third-order valence-corrected chi connectivity index (χ3v) is 8.93. The maximum Gasteiger partial charge on any atom is 0.164 e. The number of fused-ring (bicyclic) bond motifs is 8. The fraction of sp³-hybridized carbons (Fsp3) is 0. The Balaban J connectivity index is 1.36. The van der Waals surface area contributed by atoms with E-state index in [1.54, 1.807) is 17.5 Å². The zero-order valence-corrected chi connectivity index (χ0v) is 23.0. The molecule has 0 saturated heterocycles. The second-order valence-electron chi connectivity index (χ2n) is 10.2. The smallest absolute Gasteiger partial charge is 0.164 e. The summed E-state index contributed by atoms with van der Waals surface area (Å²) >= 11 is 1.79. The number of pyridine rings is 1. The molecular formula is C36H20N4OS. The lowest BCUT2D eigenvalue weighted by atomic mass is 10.0. The van der Waals surface area contributed by atoms with Gasteiger partial charge >= 0.3 is 0 Å². The van der Waals surface area contributed by atoms with Crippen LogP contribution in [0.15, 0.2) is 126 Å². The highest BCUT2D eigenvalue weighted by molar-refractivity contribution is 7.25. The van der Waals surface area contributed by atoms with Gasteiger partial charge in [0.2, 0.25) is 0 Å². The normalized spacial score (nSPS) is 11.8. The van der Waals surface area contributed by atoms with Crippen LogP contribution in [-0.4, -0.2) is 19.9 Å². The van der Waals surface area contributed by atoms with Crippen LogP contribution in [0.3, 0.4) is 0 Å². The molecule has 0 aliphatic carbocycles. The molecule has 0 radical (unpaired) electrons. The first kappa shape index (κ1) is 23.3. The van der Waals surface area contributed by atoms with E-state index in [-0.39, 0.29) is 0 Å². The van der Waals surface area contributed by atoms with E-state index in [9.17, 15) is 0 Å². The van der Waals surface area contributed by atoms with Crippen LogP contribution in [0.25, 0.3) is 87.2 Å². The Morgan fingerprint density at radius 2 is 1.21 bits per heavy atom. The zero-order chi connectivity index (χ0) is 27.6. The van der Waals surface area contributed by atoms with E-state index in [0.717, 1.165) is 49.5 Å². The van der Waals surface area contributed by atoms with Crippen molar-refractivity contribution in [1.29, 1.82) is 0 Å². The fourth-order valence-electron chi connectivity index (χ4n) is 5.92. The maximum absolute atomic E-state index is 6.44. The van der Waals surface area contributed by atoms with Crippen LogP contribution >= 0.6 is 11.3 Å². The molecule has 4 heterocycles. The predicted molar refractivity (Wildman–Crippen MR) is 172 cm³/mol. The average Bonchev–Trinajstić information content (AvgIpc) is 3.64. The summed E-state index contributed by atoms with van der Waals surface area (Å²) in [5.74, 6) is 1.88. The van der Waals surface area contributed by atoms with Crippen LogP contribution in [0.1, 0.15) is 0 Å². The quantitative estimate of drug-likeness (QED) is 0.217. The van der Waals surface area contributed by atoms with Gasteiger partial charge in [-0.25, -0.2) is 15.0 Å². The Kier molecular flexibility index (Phi) is 5.00. The van der Waals surface area contributed by atoms with Crippen molar-refractivity contribution in [3.05, 3.63) is 121 Å². The van der Waals surface area contributed by atoms with Gasteiger partial charge in [0.1, 0.15) is 11.2 Å². The minimum absolute atomic E-state index is 0.606. The van der Waals surface area contributed by atoms with Gasteiger partial charge in [-0.15, -0.1) is 11.3 Å². The summed E-state index contributed by atoms with van der Waals surface area (Å²) < 4.78 is 8.90. The van der Waals surface area contributed by atoms with Crippen molar-refractivity contribution >= 4 is 64.4 Å². The summed E-state index contributed by atoms with van der Waals surface area (Å²) in [5, 5.41) is 5.35. The molecule has 9 aromatic rings. The molecule has 0 fully saturated rings. The fourth-order valence-corrected chi connectivity index (χ4v) is 7.05. The summed E-state index contributed by atoms with van der Waals surface area (Å²) in [4.78, 5) is 19.8. The van der Waals surface area contributed by atoms with Gasteiger partial charge < -0.3 is 4.42 Å². The number of furan rings is 1. The molecule has 0 aliphatic heterocycles. The number of hydrogen-bond acceptors (Lipinski definition) is 6. The van der Waals surface area contributed by atoms with Gasteiger partial charge in [-0.2, -0.15) is 0 Å². The minimum atomic E-state index is 0.606. The van der Waals surface area contributed by atoms with Crippen LogP contribution in [0.5, 0.6) is 0 Å². The molecule has 0 spiro atoms. The van der Waals surface area contributed by atoms with Crippen molar-refractivity contribution in [3.63, 3.8) is 0 Å².